The topological polar surface area (TPSA) is 15.3 Å². The van der Waals surface area contributed by atoms with Gasteiger partial charge in [-0.1, -0.05) is 31.5 Å². The van der Waals surface area contributed by atoms with Gasteiger partial charge in [0.15, 0.2) is 0 Å². The zero-order valence-electron chi connectivity index (χ0n) is 13.1. The van der Waals surface area contributed by atoms with E-state index in [-0.39, 0.29) is 16.9 Å². The molecule has 1 rings (SSSR count). The van der Waals surface area contributed by atoms with Gasteiger partial charge in [-0.25, -0.2) is 4.39 Å². The molecule has 0 saturated carbocycles. The number of likely N-dealkylation sites (N-methyl/N-ethyl adjacent to an activating group) is 1. The molecule has 2 unspecified atom stereocenters. The number of nitrogens with one attached hydrogen (secondary N) is 1. The summed E-state index contributed by atoms with van der Waals surface area (Å²) in [6.07, 6.45) is 1.11. The molecule has 2 nitrogen and oxygen atoms in total. The van der Waals surface area contributed by atoms with Crippen LogP contribution in [0.5, 0.6) is 0 Å². The normalized spacial score (nSPS) is 14.8. The van der Waals surface area contributed by atoms with Crippen molar-refractivity contribution in [2.45, 2.75) is 39.3 Å². The molecule has 1 aromatic carbocycles. The van der Waals surface area contributed by atoms with Crippen molar-refractivity contribution < 1.29 is 4.39 Å². The van der Waals surface area contributed by atoms with Crippen LogP contribution in [0.1, 0.15) is 38.8 Å². The van der Waals surface area contributed by atoms with E-state index in [1.807, 2.05) is 0 Å². The smallest absolute Gasteiger partial charge is 0.141 e. The largest absolute Gasteiger partial charge is 0.308 e. The molecule has 0 bridgehead atoms. The fraction of sp³-hybridized carbons (Fsp3) is 0.625. The molecule has 0 aliphatic rings. The fourth-order valence-corrected chi connectivity index (χ4v) is 2.63. The van der Waals surface area contributed by atoms with Gasteiger partial charge in [-0.2, -0.15) is 0 Å². The Kier molecular flexibility index (Phi) is 6.93. The SMILES string of the molecule is CC(C)CC(CN(C)C)NC(C)c1ccc(F)c(Cl)c1. The fourth-order valence-electron chi connectivity index (χ4n) is 2.44. The van der Waals surface area contributed by atoms with E-state index in [1.54, 1.807) is 12.1 Å². The lowest BCUT2D eigenvalue weighted by molar-refractivity contribution is 0.291. The van der Waals surface area contributed by atoms with Crippen molar-refractivity contribution >= 4 is 11.6 Å². The van der Waals surface area contributed by atoms with Crippen LogP contribution in [0.25, 0.3) is 0 Å². The first kappa shape index (κ1) is 17.4. The predicted molar refractivity (Wildman–Crippen MR) is 84.8 cm³/mol. The van der Waals surface area contributed by atoms with Crippen molar-refractivity contribution in [3.63, 3.8) is 0 Å². The highest BCUT2D eigenvalue weighted by Crippen LogP contribution is 2.21. The third-order valence-electron chi connectivity index (χ3n) is 3.27. The third-order valence-corrected chi connectivity index (χ3v) is 3.56. The van der Waals surface area contributed by atoms with Crippen molar-refractivity contribution in [1.29, 1.82) is 0 Å². The van der Waals surface area contributed by atoms with Crippen molar-refractivity contribution in [2.75, 3.05) is 20.6 Å². The lowest BCUT2D eigenvalue weighted by Gasteiger charge is -2.27. The number of nitrogens with zero attached hydrogens (tertiary/aromatic N) is 1. The molecule has 0 fully saturated rings. The van der Waals surface area contributed by atoms with Crippen molar-refractivity contribution in [1.82, 2.24) is 10.2 Å². The van der Waals surface area contributed by atoms with Crippen molar-refractivity contribution in [3.8, 4) is 0 Å². The number of hydrogen-bond acceptors (Lipinski definition) is 2. The maximum atomic E-state index is 13.2. The third kappa shape index (κ3) is 5.78. The summed E-state index contributed by atoms with van der Waals surface area (Å²) in [5.41, 5.74) is 1.02. The Bertz CT molecular complexity index is 411. The Morgan fingerprint density at radius 2 is 1.90 bits per heavy atom. The molecule has 0 amide bonds. The summed E-state index contributed by atoms with van der Waals surface area (Å²) in [5, 5.41) is 3.80. The van der Waals surface area contributed by atoms with Gasteiger partial charge >= 0.3 is 0 Å². The molecular weight excluding hydrogens is 275 g/mol. The van der Waals surface area contributed by atoms with Gasteiger partial charge in [0.25, 0.3) is 0 Å². The van der Waals surface area contributed by atoms with Gasteiger partial charge in [-0.15, -0.1) is 0 Å². The highest BCUT2D eigenvalue weighted by molar-refractivity contribution is 6.30. The second kappa shape index (κ2) is 7.96. The predicted octanol–water partition coefficient (Wildman–Crippen LogP) is 4.11. The summed E-state index contributed by atoms with van der Waals surface area (Å²) in [6.45, 7) is 7.53. The Morgan fingerprint density at radius 1 is 1.25 bits per heavy atom. The average Bonchev–Trinajstić information content (AvgIpc) is 2.30. The van der Waals surface area contributed by atoms with Gasteiger partial charge < -0.3 is 10.2 Å². The molecule has 0 radical (unpaired) electrons. The molecule has 1 aromatic rings. The van der Waals surface area contributed by atoms with Crippen molar-refractivity contribution in [3.05, 3.63) is 34.6 Å². The maximum Gasteiger partial charge on any atom is 0.141 e. The van der Waals surface area contributed by atoms with Gasteiger partial charge in [0.05, 0.1) is 5.02 Å². The first-order valence-electron chi connectivity index (χ1n) is 7.15. The molecular formula is C16H26ClFN2. The van der Waals surface area contributed by atoms with Gasteiger partial charge in [-0.05, 0) is 51.1 Å². The lowest BCUT2D eigenvalue weighted by Crippen LogP contribution is -2.40. The molecule has 0 aliphatic heterocycles. The number of rotatable bonds is 7. The minimum absolute atomic E-state index is 0.150. The van der Waals surface area contributed by atoms with Crippen LogP contribution < -0.4 is 5.32 Å². The van der Waals surface area contributed by atoms with E-state index in [9.17, 15) is 4.39 Å². The molecule has 0 saturated heterocycles. The second-order valence-electron chi connectivity index (χ2n) is 6.15. The lowest BCUT2D eigenvalue weighted by atomic mass is 10.0. The van der Waals surface area contributed by atoms with E-state index in [1.165, 1.54) is 6.07 Å². The van der Waals surface area contributed by atoms with Crippen LogP contribution >= 0.6 is 11.6 Å². The molecule has 114 valence electrons. The number of halogens is 2. The first-order valence-corrected chi connectivity index (χ1v) is 7.53. The highest BCUT2D eigenvalue weighted by atomic mass is 35.5. The van der Waals surface area contributed by atoms with Crippen LogP contribution in [0.3, 0.4) is 0 Å². The molecule has 2 atom stereocenters. The molecule has 1 N–H and O–H groups in total. The summed E-state index contributed by atoms with van der Waals surface area (Å²) < 4.78 is 13.2. The highest BCUT2D eigenvalue weighted by Gasteiger charge is 2.16. The van der Waals surface area contributed by atoms with Crippen LogP contribution in [0.15, 0.2) is 18.2 Å². The van der Waals surface area contributed by atoms with Gasteiger partial charge in [0, 0.05) is 18.6 Å². The van der Waals surface area contributed by atoms with E-state index < -0.39 is 0 Å². The van der Waals surface area contributed by atoms with Crippen LogP contribution in [-0.4, -0.2) is 31.6 Å². The minimum Gasteiger partial charge on any atom is -0.308 e. The molecule has 0 aromatic heterocycles. The Balaban J connectivity index is 2.73. The van der Waals surface area contributed by atoms with E-state index >= 15 is 0 Å². The van der Waals surface area contributed by atoms with Gasteiger partial charge in [-0.3, -0.25) is 0 Å². The van der Waals surface area contributed by atoms with Crippen LogP contribution in [0.4, 0.5) is 4.39 Å². The molecule has 0 heterocycles. The van der Waals surface area contributed by atoms with E-state index in [2.05, 4.69) is 45.1 Å². The molecule has 4 heteroatoms. The van der Waals surface area contributed by atoms with Gasteiger partial charge in [0.2, 0.25) is 0 Å². The van der Waals surface area contributed by atoms with E-state index in [4.69, 9.17) is 11.6 Å². The molecule has 20 heavy (non-hydrogen) atoms. The molecule has 0 spiro atoms. The van der Waals surface area contributed by atoms with Crippen molar-refractivity contribution in [2.24, 2.45) is 5.92 Å². The molecule has 0 aliphatic carbocycles. The summed E-state index contributed by atoms with van der Waals surface area (Å²) >= 11 is 5.85. The monoisotopic (exact) mass is 300 g/mol. The zero-order chi connectivity index (χ0) is 15.3. The van der Waals surface area contributed by atoms with Gasteiger partial charge in [0.1, 0.15) is 5.82 Å². The van der Waals surface area contributed by atoms with Crippen LogP contribution in [0, 0.1) is 11.7 Å². The summed E-state index contributed by atoms with van der Waals surface area (Å²) in [7, 11) is 4.16. The van der Waals surface area contributed by atoms with Crippen LogP contribution in [-0.2, 0) is 0 Å². The number of hydrogen-bond donors (Lipinski definition) is 1. The Labute approximate surface area is 127 Å². The van der Waals surface area contributed by atoms with E-state index in [0.29, 0.717) is 12.0 Å². The standard InChI is InChI=1S/C16H26ClFN2/c1-11(2)8-14(10-20(4)5)19-12(3)13-6-7-16(18)15(17)9-13/h6-7,9,11-12,14,19H,8,10H2,1-5H3. The second-order valence-corrected chi connectivity index (χ2v) is 6.56. The quantitative estimate of drug-likeness (QED) is 0.815. The summed E-state index contributed by atoms with van der Waals surface area (Å²) in [4.78, 5) is 2.18. The first-order chi connectivity index (χ1) is 9.29. The zero-order valence-corrected chi connectivity index (χ0v) is 13.8. The number of benzene rings is 1. The Morgan fingerprint density at radius 3 is 2.40 bits per heavy atom. The van der Waals surface area contributed by atoms with Crippen LogP contribution in [0.2, 0.25) is 5.02 Å². The van der Waals surface area contributed by atoms with E-state index in [0.717, 1.165) is 18.5 Å². The summed E-state index contributed by atoms with van der Waals surface area (Å²) in [5.74, 6) is 0.270. The minimum atomic E-state index is -0.366. The maximum absolute atomic E-state index is 13.2. The Hall–Kier alpha value is -0.640. The summed E-state index contributed by atoms with van der Waals surface area (Å²) in [6, 6.07) is 5.48. The average molecular weight is 301 g/mol.